The van der Waals surface area contributed by atoms with Gasteiger partial charge in [-0.25, -0.2) is 4.98 Å². The van der Waals surface area contributed by atoms with Gasteiger partial charge in [0.1, 0.15) is 5.15 Å². The molecule has 0 fully saturated rings. The molecule has 2 rings (SSSR count). The van der Waals surface area contributed by atoms with E-state index in [0.29, 0.717) is 10.7 Å². The van der Waals surface area contributed by atoms with Crippen LogP contribution in [-0.4, -0.2) is 10.9 Å². The normalized spacial score (nSPS) is 10.1. The van der Waals surface area contributed by atoms with Crippen LogP contribution < -0.4 is 11.1 Å². The number of nitrogens with one attached hydrogen (secondary N) is 1. The summed E-state index contributed by atoms with van der Waals surface area (Å²) in [6.07, 6.45) is 1.34. The number of amides is 1. The van der Waals surface area contributed by atoms with E-state index in [-0.39, 0.29) is 22.3 Å². The summed E-state index contributed by atoms with van der Waals surface area (Å²) in [7, 11) is 0. The number of rotatable bonds is 2. The molecule has 1 aromatic carbocycles. The lowest BCUT2D eigenvalue weighted by Crippen LogP contribution is -2.14. The molecule has 0 aliphatic carbocycles. The lowest BCUT2D eigenvalue weighted by Gasteiger charge is -2.08. The SMILES string of the molecule is Nc1cnc(Cl)cc1C(=O)Nc1ccccc1Cl. The zero-order valence-corrected chi connectivity index (χ0v) is 10.7. The number of anilines is 2. The van der Waals surface area contributed by atoms with Crippen LogP contribution in [0.15, 0.2) is 36.5 Å². The van der Waals surface area contributed by atoms with Gasteiger partial charge in [-0.2, -0.15) is 0 Å². The van der Waals surface area contributed by atoms with Crippen molar-refractivity contribution in [1.82, 2.24) is 4.98 Å². The molecule has 0 aliphatic rings. The van der Waals surface area contributed by atoms with E-state index in [1.807, 2.05) is 0 Å². The van der Waals surface area contributed by atoms with E-state index in [0.717, 1.165) is 0 Å². The first kappa shape index (κ1) is 12.7. The number of para-hydroxylation sites is 1. The molecule has 18 heavy (non-hydrogen) atoms. The first-order valence-electron chi connectivity index (χ1n) is 5.05. The lowest BCUT2D eigenvalue weighted by molar-refractivity contribution is 0.102. The maximum Gasteiger partial charge on any atom is 0.257 e. The molecule has 1 aromatic heterocycles. The van der Waals surface area contributed by atoms with Gasteiger partial charge in [0.15, 0.2) is 0 Å². The molecule has 1 amide bonds. The summed E-state index contributed by atoms with van der Waals surface area (Å²) in [4.78, 5) is 15.8. The van der Waals surface area contributed by atoms with E-state index in [1.165, 1.54) is 12.3 Å². The number of nitrogens with two attached hydrogens (primary N) is 1. The van der Waals surface area contributed by atoms with Crippen molar-refractivity contribution in [2.24, 2.45) is 0 Å². The summed E-state index contributed by atoms with van der Waals surface area (Å²) < 4.78 is 0. The highest BCUT2D eigenvalue weighted by molar-refractivity contribution is 6.34. The Morgan fingerprint density at radius 1 is 1.28 bits per heavy atom. The average molecular weight is 282 g/mol. The van der Waals surface area contributed by atoms with Gasteiger partial charge in [0.2, 0.25) is 0 Å². The average Bonchev–Trinajstić information content (AvgIpc) is 2.35. The molecule has 0 atom stereocenters. The second-order valence-corrected chi connectivity index (χ2v) is 4.32. The van der Waals surface area contributed by atoms with Crippen LogP contribution in [-0.2, 0) is 0 Å². The molecular formula is C12H9Cl2N3O. The molecule has 6 heteroatoms. The molecule has 92 valence electrons. The number of benzene rings is 1. The van der Waals surface area contributed by atoms with E-state index in [4.69, 9.17) is 28.9 Å². The summed E-state index contributed by atoms with van der Waals surface area (Å²) in [5, 5.41) is 3.31. The molecule has 0 aliphatic heterocycles. The van der Waals surface area contributed by atoms with Gasteiger partial charge in [0.05, 0.1) is 28.2 Å². The van der Waals surface area contributed by atoms with Crippen LogP contribution in [0, 0.1) is 0 Å². The standard InChI is InChI=1S/C12H9Cl2N3O/c13-8-3-1-2-4-10(8)17-12(18)7-5-11(14)16-6-9(7)15/h1-6H,15H2,(H,17,18). The second kappa shape index (κ2) is 5.25. The summed E-state index contributed by atoms with van der Waals surface area (Å²) >= 11 is 11.7. The number of nitrogens with zero attached hydrogens (tertiary/aromatic N) is 1. The number of hydrogen-bond donors (Lipinski definition) is 2. The second-order valence-electron chi connectivity index (χ2n) is 3.53. The summed E-state index contributed by atoms with van der Waals surface area (Å²) in [5.41, 5.74) is 6.69. The zero-order chi connectivity index (χ0) is 13.1. The fourth-order valence-corrected chi connectivity index (χ4v) is 1.73. The van der Waals surface area contributed by atoms with Crippen LogP contribution in [0.25, 0.3) is 0 Å². The van der Waals surface area contributed by atoms with Crippen LogP contribution in [0.2, 0.25) is 10.2 Å². The molecule has 0 bridgehead atoms. The monoisotopic (exact) mass is 281 g/mol. The number of carbonyl (C=O) groups is 1. The van der Waals surface area contributed by atoms with Crippen molar-refractivity contribution in [2.75, 3.05) is 11.1 Å². The number of hydrogen-bond acceptors (Lipinski definition) is 3. The molecule has 0 saturated carbocycles. The maximum absolute atomic E-state index is 12.0. The minimum atomic E-state index is -0.384. The fraction of sp³-hybridized carbons (Fsp3) is 0. The smallest absolute Gasteiger partial charge is 0.257 e. The van der Waals surface area contributed by atoms with Gasteiger partial charge in [-0.15, -0.1) is 0 Å². The van der Waals surface area contributed by atoms with Gasteiger partial charge in [0.25, 0.3) is 5.91 Å². The molecule has 2 aromatic rings. The third-order valence-corrected chi connectivity index (χ3v) is 2.80. The maximum atomic E-state index is 12.0. The highest BCUT2D eigenvalue weighted by Crippen LogP contribution is 2.22. The molecule has 0 unspecified atom stereocenters. The topological polar surface area (TPSA) is 68.0 Å². The van der Waals surface area contributed by atoms with Crippen molar-refractivity contribution in [3.63, 3.8) is 0 Å². The highest BCUT2D eigenvalue weighted by Gasteiger charge is 2.12. The van der Waals surface area contributed by atoms with E-state index in [9.17, 15) is 4.79 Å². The van der Waals surface area contributed by atoms with Gasteiger partial charge in [-0.05, 0) is 18.2 Å². The highest BCUT2D eigenvalue weighted by atomic mass is 35.5. The first-order valence-corrected chi connectivity index (χ1v) is 5.80. The number of halogens is 2. The number of aromatic nitrogens is 1. The van der Waals surface area contributed by atoms with Gasteiger partial charge in [-0.1, -0.05) is 35.3 Å². The molecule has 1 heterocycles. The van der Waals surface area contributed by atoms with Gasteiger partial charge < -0.3 is 11.1 Å². The lowest BCUT2D eigenvalue weighted by atomic mass is 10.2. The Labute approximate surface area is 114 Å². The van der Waals surface area contributed by atoms with E-state index in [2.05, 4.69) is 10.3 Å². The Kier molecular flexibility index (Phi) is 3.69. The Bertz CT molecular complexity index is 602. The van der Waals surface area contributed by atoms with Crippen molar-refractivity contribution < 1.29 is 4.79 Å². The van der Waals surface area contributed by atoms with Crippen molar-refractivity contribution in [3.8, 4) is 0 Å². The van der Waals surface area contributed by atoms with Crippen LogP contribution >= 0.6 is 23.2 Å². The molecular weight excluding hydrogens is 273 g/mol. The van der Waals surface area contributed by atoms with Crippen LogP contribution in [0.5, 0.6) is 0 Å². The van der Waals surface area contributed by atoms with Crippen molar-refractivity contribution in [3.05, 3.63) is 52.3 Å². The third kappa shape index (κ3) is 2.72. The Morgan fingerprint density at radius 2 is 2.00 bits per heavy atom. The van der Waals surface area contributed by atoms with Gasteiger partial charge in [0, 0.05) is 0 Å². The molecule has 4 nitrogen and oxygen atoms in total. The largest absolute Gasteiger partial charge is 0.397 e. The molecule has 3 N–H and O–H groups in total. The first-order chi connectivity index (χ1) is 8.58. The predicted octanol–water partition coefficient (Wildman–Crippen LogP) is 3.22. The van der Waals surface area contributed by atoms with Crippen molar-refractivity contribution >= 4 is 40.5 Å². The van der Waals surface area contributed by atoms with Crippen LogP contribution in [0.1, 0.15) is 10.4 Å². The molecule has 0 spiro atoms. The predicted molar refractivity (Wildman–Crippen MR) is 73.1 cm³/mol. The zero-order valence-electron chi connectivity index (χ0n) is 9.15. The minimum Gasteiger partial charge on any atom is -0.397 e. The summed E-state index contributed by atoms with van der Waals surface area (Å²) in [5.74, 6) is -0.384. The minimum absolute atomic E-state index is 0.202. The Balaban J connectivity index is 2.28. The van der Waals surface area contributed by atoms with Crippen LogP contribution in [0.4, 0.5) is 11.4 Å². The van der Waals surface area contributed by atoms with Crippen LogP contribution in [0.3, 0.4) is 0 Å². The van der Waals surface area contributed by atoms with Gasteiger partial charge >= 0.3 is 0 Å². The van der Waals surface area contributed by atoms with E-state index >= 15 is 0 Å². The number of nitrogen functional groups attached to an aromatic ring is 1. The van der Waals surface area contributed by atoms with E-state index < -0.39 is 0 Å². The third-order valence-electron chi connectivity index (χ3n) is 2.27. The summed E-state index contributed by atoms with van der Waals surface area (Å²) in [6, 6.07) is 8.32. The molecule has 0 radical (unpaired) electrons. The number of carbonyl (C=O) groups excluding carboxylic acids is 1. The van der Waals surface area contributed by atoms with Crippen molar-refractivity contribution in [2.45, 2.75) is 0 Å². The Morgan fingerprint density at radius 3 is 2.72 bits per heavy atom. The summed E-state index contributed by atoms with van der Waals surface area (Å²) in [6.45, 7) is 0. The van der Waals surface area contributed by atoms with E-state index in [1.54, 1.807) is 24.3 Å². The quantitative estimate of drug-likeness (QED) is 0.831. The molecule has 0 saturated heterocycles. The number of pyridine rings is 1. The van der Waals surface area contributed by atoms with Gasteiger partial charge in [-0.3, -0.25) is 4.79 Å². The Hall–Kier alpha value is -1.78. The fourth-order valence-electron chi connectivity index (χ4n) is 1.39. The van der Waals surface area contributed by atoms with Crippen molar-refractivity contribution in [1.29, 1.82) is 0 Å².